The Balaban J connectivity index is 0.000000191. The molecule has 4 saturated heterocycles. The molecule has 4 aliphatic rings. The van der Waals surface area contributed by atoms with Crippen molar-refractivity contribution in [1.29, 1.82) is 0 Å². The van der Waals surface area contributed by atoms with Gasteiger partial charge in [-0.25, -0.2) is 46.8 Å². The fourth-order valence-corrected chi connectivity index (χ4v) is 11.3. The van der Waals surface area contributed by atoms with Gasteiger partial charge in [-0.1, -0.05) is 43.8 Å². The van der Waals surface area contributed by atoms with Crippen LogP contribution >= 0.6 is 0 Å². The van der Waals surface area contributed by atoms with Crippen LogP contribution in [0.5, 0.6) is 11.8 Å². The molecule has 87 heavy (non-hydrogen) atoms. The molecule has 0 bridgehead atoms. The molecule has 0 saturated carbocycles. The molecule has 452 valence electrons. The van der Waals surface area contributed by atoms with Gasteiger partial charge in [-0.3, -0.25) is 0 Å². The van der Waals surface area contributed by atoms with Gasteiger partial charge in [-0.2, -0.15) is 9.97 Å². The molecule has 2 atom stereocenters. The Hall–Kier alpha value is -9.12. The molecule has 8 aromatic rings. The summed E-state index contributed by atoms with van der Waals surface area (Å²) < 4.78 is 91.0. The minimum Gasteiger partial charge on any atom is -0.478 e. The number of aromatic carboxylic acids is 1. The summed E-state index contributed by atoms with van der Waals surface area (Å²) >= 11 is 0. The van der Waals surface area contributed by atoms with Crippen LogP contribution in [0.15, 0.2) is 97.1 Å². The highest BCUT2D eigenvalue weighted by Crippen LogP contribution is 2.34. The van der Waals surface area contributed by atoms with E-state index in [1.807, 2.05) is 33.4 Å². The van der Waals surface area contributed by atoms with Crippen LogP contribution in [0.3, 0.4) is 0 Å². The van der Waals surface area contributed by atoms with Crippen molar-refractivity contribution < 1.29 is 55.9 Å². The number of halogens is 4. The van der Waals surface area contributed by atoms with E-state index in [0.29, 0.717) is 90.4 Å². The molecular weight excluding hydrogens is 1120 g/mol. The first-order chi connectivity index (χ1) is 41.8. The van der Waals surface area contributed by atoms with Crippen molar-refractivity contribution in [1.82, 2.24) is 29.1 Å². The average molecular weight is 1190 g/mol. The summed E-state index contributed by atoms with van der Waals surface area (Å²) in [5.41, 5.74) is 2.26. The van der Waals surface area contributed by atoms with Gasteiger partial charge < -0.3 is 47.7 Å². The second-order valence-electron chi connectivity index (χ2n) is 21.7. The Labute approximate surface area is 500 Å². The molecule has 22 heteroatoms. The minimum absolute atomic E-state index is 0. The number of ether oxygens (including phenoxy) is 5. The maximum atomic E-state index is 15.7. The number of hydrogen-bond acceptors (Lipinski definition) is 13. The van der Waals surface area contributed by atoms with E-state index in [0.717, 1.165) is 88.0 Å². The van der Waals surface area contributed by atoms with Crippen LogP contribution in [-0.4, -0.2) is 104 Å². The molecule has 0 spiro atoms. The molecule has 4 aromatic carbocycles. The van der Waals surface area contributed by atoms with Gasteiger partial charge in [0.1, 0.15) is 59.2 Å². The first kappa shape index (κ1) is 61.0. The number of benzene rings is 4. The number of pyridine rings is 2. The Kier molecular flexibility index (Phi) is 19.3. The van der Waals surface area contributed by atoms with Crippen LogP contribution in [0.25, 0.3) is 31.8 Å². The third-order valence-corrected chi connectivity index (χ3v) is 16.3. The fraction of sp³-hybridized carbons (Fsp3) is 0.385. The van der Waals surface area contributed by atoms with Gasteiger partial charge in [-0.05, 0) is 106 Å². The Bertz CT molecular complexity index is 3880. The number of rotatable bonds is 19. The standard InChI is InChI=1S/C33H33F2N5O4.C31H29F2N5O4.CH4/c1-3-42-33(41)25-9-10-27-32(31(25)35)40(19-24-13-16-43-24)29(37-27)17-21-11-14-39(15-12-21)28-5-4-6-30(38-28)44-20-22-7-8-23(36-2)18-26(22)34;1-34-21-6-5-20(24(32)16-21)18-42-28-4-2-3-26(36-28)37-12-9-19(10-13-37)15-27-35-25-8-7-23(31(39)40)29(33)30(25)38(27)17-22-11-14-41-22;/h4-10,18,21,24H,3,11-17,19-20H2,1H3;2-8,16,19,22H,9-15,17-18H2,(H,39,40);1H4/t24-;22-;/m00./s1. The van der Waals surface area contributed by atoms with Crippen LogP contribution in [0.4, 0.5) is 40.6 Å². The minimum atomic E-state index is -1.30. The highest BCUT2D eigenvalue weighted by molar-refractivity contribution is 5.95. The van der Waals surface area contributed by atoms with E-state index >= 15 is 8.78 Å². The summed E-state index contributed by atoms with van der Waals surface area (Å²) in [5, 5.41) is 9.43. The lowest BCUT2D eigenvalue weighted by Gasteiger charge is -2.33. The van der Waals surface area contributed by atoms with E-state index < -0.39 is 35.2 Å². The number of carbonyl (C=O) groups excluding carboxylic acids is 1. The third kappa shape index (κ3) is 13.9. The molecule has 12 rings (SSSR count). The predicted octanol–water partition coefficient (Wildman–Crippen LogP) is 12.7. The first-order valence-corrected chi connectivity index (χ1v) is 28.8. The van der Waals surface area contributed by atoms with Crippen molar-refractivity contribution in [3.05, 3.63) is 177 Å². The molecule has 0 unspecified atom stereocenters. The number of carbonyl (C=O) groups is 2. The second-order valence-corrected chi connectivity index (χ2v) is 21.7. The van der Waals surface area contributed by atoms with Crippen molar-refractivity contribution in [2.75, 3.05) is 55.8 Å². The van der Waals surface area contributed by atoms with Crippen molar-refractivity contribution >= 4 is 57.0 Å². The number of carboxylic acid groups (broad SMARTS) is 1. The summed E-state index contributed by atoms with van der Waals surface area (Å²) in [6.45, 7) is 21.3. The number of carboxylic acids is 1. The van der Waals surface area contributed by atoms with E-state index in [9.17, 15) is 23.5 Å². The Morgan fingerprint density at radius 2 is 1.05 bits per heavy atom. The van der Waals surface area contributed by atoms with Crippen LogP contribution in [-0.2, 0) is 53.4 Å². The smallest absolute Gasteiger partial charge is 0.341 e. The maximum absolute atomic E-state index is 15.7. The van der Waals surface area contributed by atoms with Crippen molar-refractivity contribution in [3.8, 4) is 11.8 Å². The Morgan fingerprint density at radius 3 is 1.44 bits per heavy atom. The molecule has 4 aromatic heterocycles. The second kappa shape index (κ2) is 27.5. The highest BCUT2D eigenvalue weighted by Gasteiger charge is 2.31. The van der Waals surface area contributed by atoms with Crippen LogP contribution in [0, 0.1) is 48.2 Å². The highest BCUT2D eigenvalue weighted by atomic mass is 19.1. The number of imidazole rings is 2. The van der Waals surface area contributed by atoms with E-state index in [-0.39, 0.29) is 67.5 Å². The van der Waals surface area contributed by atoms with Gasteiger partial charge in [0.2, 0.25) is 11.8 Å². The normalized spacial score (nSPS) is 16.8. The molecule has 4 aliphatic heterocycles. The summed E-state index contributed by atoms with van der Waals surface area (Å²) in [4.78, 5) is 53.6. The van der Waals surface area contributed by atoms with Gasteiger partial charge in [0.25, 0.3) is 0 Å². The van der Waals surface area contributed by atoms with Crippen molar-refractivity contribution in [2.24, 2.45) is 11.8 Å². The first-order valence-electron chi connectivity index (χ1n) is 28.8. The largest absolute Gasteiger partial charge is 0.478 e. The zero-order chi connectivity index (χ0) is 59.8. The van der Waals surface area contributed by atoms with E-state index in [1.165, 1.54) is 24.3 Å². The third-order valence-electron chi connectivity index (χ3n) is 16.3. The van der Waals surface area contributed by atoms with Crippen LogP contribution in [0.1, 0.15) is 96.4 Å². The van der Waals surface area contributed by atoms with Crippen LogP contribution < -0.4 is 19.3 Å². The summed E-state index contributed by atoms with van der Waals surface area (Å²) in [7, 11) is 0. The molecule has 0 amide bonds. The van der Waals surface area contributed by atoms with Gasteiger partial charge >= 0.3 is 11.9 Å². The van der Waals surface area contributed by atoms with E-state index in [1.54, 1.807) is 55.5 Å². The number of aromatic nitrogens is 6. The zero-order valence-electron chi connectivity index (χ0n) is 47.3. The SMILES string of the molecule is C.[C-]#[N+]c1ccc(COc2cccc(N3CCC(Cc4nc5ccc(C(=O)O)c(F)c5n4C[C@@H]4CCO4)CC3)n2)c(F)c1.[C-]#[N+]c1ccc(COc2cccc(N3CCC(Cc4nc5ccc(C(=O)OCC)c(F)c5n4C[C@@H]4CCO4)CC3)n2)c(F)c1. The van der Waals surface area contributed by atoms with E-state index in [2.05, 4.69) is 29.5 Å². The monoisotopic (exact) mass is 1190 g/mol. The lowest BCUT2D eigenvalue weighted by Crippen LogP contribution is -2.35. The van der Waals surface area contributed by atoms with Crippen molar-refractivity contribution in [3.63, 3.8) is 0 Å². The predicted molar refractivity (Wildman–Crippen MR) is 317 cm³/mol. The summed E-state index contributed by atoms with van der Waals surface area (Å²) in [6, 6.07) is 25.6. The molecule has 0 aliphatic carbocycles. The Morgan fingerprint density at radius 1 is 0.609 bits per heavy atom. The number of esters is 1. The lowest BCUT2D eigenvalue weighted by atomic mass is 9.93. The van der Waals surface area contributed by atoms with Gasteiger partial charge in [0, 0.05) is 75.5 Å². The molecule has 8 heterocycles. The number of hydrogen-bond donors (Lipinski definition) is 1. The quantitative estimate of drug-likeness (QED) is 0.0459. The zero-order valence-corrected chi connectivity index (χ0v) is 47.3. The number of piperidine rings is 2. The topological polar surface area (TPSA) is 177 Å². The lowest BCUT2D eigenvalue weighted by molar-refractivity contribution is -0.0592. The molecule has 18 nitrogen and oxygen atoms in total. The molecule has 1 N–H and O–H groups in total. The molecule has 4 fully saturated rings. The maximum Gasteiger partial charge on any atom is 0.341 e. The van der Waals surface area contributed by atoms with Crippen molar-refractivity contribution in [2.45, 2.75) is 104 Å². The summed E-state index contributed by atoms with van der Waals surface area (Å²) in [6.07, 6.45) is 6.58. The van der Waals surface area contributed by atoms with Gasteiger partial charge in [0.05, 0.1) is 67.2 Å². The molecule has 0 radical (unpaired) electrons. The fourth-order valence-electron chi connectivity index (χ4n) is 11.3. The number of anilines is 2. The van der Waals surface area contributed by atoms with E-state index in [4.69, 9.17) is 46.8 Å². The number of fused-ring (bicyclic) bond motifs is 2. The number of nitrogens with zero attached hydrogens (tertiary/aromatic N) is 10. The van der Waals surface area contributed by atoms with Gasteiger partial charge in [-0.15, -0.1) is 0 Å². The summed E-state index contributed by atoms with van der Waals surface area (Å²) in [5.74, 6) is 0.194. The van der Waals surface area contributed by atoms with Gasteiger partial charge in [0.15, 0.2) is 23.0 Å². The molecular formula is C65H66F4N10O8. The average Bonchev–Trinajstić information content (AvgIpc) is 1.78. The van der Waals surface area contributed by atoms with Crippen LogP contribution in [0.2, 0.25) is 0 Å².